The number of hydrogen-bond donors (Lipinski definition) is 0. The molecule has 116 valence electrons. The maximum Gasteiger partial charge on any atom is 0.190 e. The molecule has 1 nitrogen and oxygen atoms in total. The molecular weight excluding hydrogens is 270 g/mol. The molecule has 0 bridgehead atoms. The molecule has 21 heavy (non-hydrogen) atoms. The zero-order valence-corrected chi connectivity index (χ0v) is 12.8. The number of hydrogen-bond acceptors (Lipinski definition) is 1. The van der Waals surface area contributed by atoms with Gasteiger partial charge in [0.15, 0.2) is 17.4 Å². The van der Waals surface area contributed by atoms with Crippen LogP contribution in [0.3, 0.4) is 0 Å². The largest absolute Gasteiger partial charge is 0.488 e. The highest BCUT2D eigenvalue weighted by atomic mass is 19.1. The molecule has 0 atom stereocenters. The van der Waals surface area contributed by atoms with Gasteiger partial charge in [0.2, 0.25) is 0 Å². The highest BCUT2D eigenvalue weighted by Crippen LogP contribution is 2.23. The van der Waals surface area contributed by atoms with Crippen LogP contribution >= 0.6 is 0 Å². The Morgan fingerprint density at radius 1 is 0.952 bits per heavy atom. The molecular formula is C18H24F2O. The molecule has 1 rings (SSSR count). The lowest BCUT2D eigenvalue weighted by atomic mass is 10.1. The Hall–Kier alpha value is -1.56. The average Bonchev–Trinajstić information content (AvgIpc) is 2.47. The minimum absolute atomic E-state index is 0.185. The quantitative estimate of drug-likeness (QED) is 0.411. The van der Waals surface area contributed by atoms with Gasteiger partial charge in [0.05, 0.1) is 6.61 Å². The second kappa shape index (κ2) is 10.2. The fraction of sp³-hybridized carbons (Fsp3) is 0.556. The lowest BCUT2D eigenvalue weighted by Gasteiger charge is -2.08. The molecule has 0 saturated carbocycles. The highest BCUT2D eigenvalue weighted by Gasteiger charge is 2.11. The van der Waals surface area contributed by atoms with Crippen molar-refractivity contribution >= 4 is 0 Å². The van der Waals surface area contributed by atoms with E-state index in [0.717, 1.165) is 31.4 Å². The van der Waals surface area contributed by atoms with Crippen molar-refractivity contribution in [2.75, 3.05) is 6.61 Å². The van der Waals surface area contributed by atoms with Crippen LogP contribution in [0.2, 0.25) is 0 Å². The normalized spacial score (nSPS) is 10.4. The predicted molar refractivity (Wildman–Crippen MR) is 82.4 cm³/mol. The molecule has 1 aromatic rings. The summed E-state index contributed by atoms with van der Waals surface area (Å²) in [6.45, 7) is 2.53. The van der Waals surface area contributed by atoms with Crippen LogP contribution in [0.1, 0.15) is 63.9 Å². The van der Waals surface area contributed by atoms with Crippen molar-refractivity contribution in [1.82, 2.24) is 0 Å². The SMILES string of the molecule is C#Cc1cc(F)c(OCCCCCCCCCC)c(F)c1. The highest BCUT2D eigenvalue weighted by molar-refractivity contribution is 5.39. The molecule has 3 heteroatoms. The van der Waals surface area contributed by atoms with Gasteiger partial charge in [0.25, 0.3) is 0 Å². The fourth-order valence-electron chi connectivity index (χ4n) is 2.19. The molecule has 0 amide bonds. The first kappa shape index (κ1) is 17.5. The Balaban J connectivity index is 2.20. The third-order valence-corrected chi connectivity index (χ3v) is 3.41. The Morgan fingerprint density at radius 3 is 2.00 bits per heavy atom. The van der Waals surface area contributed by atoms with Crippen molar-refractivity contribution in [2.45, 2.75) is 58.3 Å². The van der Waals surface area contributed by atoms with Gasteiger partial charge in [-0.3, -0.25) is 0 Å². The summed E-state index contributed by atoms with van der Waals surface area (Å²) in [5.74, 6) is 0.415. The molecule has 0 fully saturated rings. The summed E-state index contributed by atoms with van der Waals surface area (Å²) in [5, 5.41) is 0. The van der Waals surface area contributed by atoms with Crippen LogP contribution in [0.5, 0.6) is 5.75 Å². The Bertz CT molecular complexity index is 440. The van der Waals surface area contributed by atoms with Crippen LogP contribution in [-0.4, -0.2) is 6.61 Å². The number of benzene rings is 1. The summed E-state index contributed by atoms with van der Waals surface area (Å²) in [5.41, 5.74) is 0.185. The van der Waals surface area contributed by atoms with Gasteiger partial charge in [-0.1, -0.05) is 57.8 Å². The minimum atomic E-state index is -0.734. The number of ether oxygens (including phenoxy) is 1. The van der Waals surface area contributed by atoms with Crippen molar-refractivity contribution in [3.63, 3.8) is 0 Å². The van der Waals surface area contributed by atoms with Gasteiger partial charge in [-0.2, -0.15) is 0 Å². The van der Waals surface area contributed by atoms with Gasteiger partial charge in [0, 0.05) is 5.56 Å². The van der Waals surface area contributed by atoms with Crippen LogP contribution in [0.15, 0.2) is 12.1 Å². The van der Waals surface area contributed by atoms with Crippen LogP contribution < -0.4 is 4.74 Å². The molecule has 0 spiro atoms. The summed E-state index contributed by atoms with van der Waals surface area (Å²) in [4.78, 5) is 0. The van der Waals surface area contributed by atoms with E-state index < -0.39 is 11.6 Å². The molecule has 0 N–H and O–H groups in total. The van der Waals surface area contributed by atoms with Crippen LogP contribution in [0.4, 0.5) is 8.78 Å². The third kappa shape index (κ3) is 6.62. The van der Waals surface area contributed by atoms with Gasteiger partial charge in [-0.05, 0) is 18.6 Å². The maximum atomic E-state index is 13.6. The maximum absolute atomic E-state index is 13.6. The van der Waals surface area contributed by atoms with E-state index in [0.29, 0.717) is 6.61 Å². The molecule has 1 aromatic carbocycles. The van der Waals surface area contributed by atoms with Crippen molar-refractivity contribution in [2.24, 2.45) is 0 Å². The second-order valence-corrected chi connectivity index (χ2v) is 5.24. The molecule has 0 heterocycles. The van der Waals surface area contributed by atoms with E-state index in [1.807, 2.05) is 0 Å². The Morgan fingerprint density at radius 2 is 1.48 bits per heavy atom. The van der Waals surface area contributed by atoms with Crippen molar-refractivity contribution < 1.29 is 13.5 Å². The van der Waals surface area contributed by atoms with Gasteiger partial charge in [0.1, 0.15) is 0 Å². The molecule has 0 aromatic heterocycles. The van der Waals surface area contributed by atoms with E-state index in [-0.39, 0.29) is 11.3 Å². The number of unbranched alkanes of at least 4 members (excludes halogenated alkanes) is 7. The second-order valence-electron chi connectivity index (χ2n) is 5.24. The number of rotatable bonds is 10. The molecule has 0 aliphatic carbocycles. The Kier molecular flexibility index (Phi) is 8.50. The van der Waals surface area contributed by atoms with Crippen LogP contribution in [0.25, 0.3) is 0 Å². The monoisotopic (exact) mass is 294 g/mol. The summed E-state index contributed by atoms with van der Waals surface area (Å²) in [6.07, 6.45) is 14.4. The van der Waals surface area contributed by atoms with Crippen LogP contribution in [0, 0.1) is 24.0 Å². The van der Waals surface area contributed by atoms with Crippen LogP contribution in [-0.2, 0) is 0 Å². The zero-order valence-electron chi connectivity index (χ0n) is 12.8. The van der Waals surface area contributed by atoms with E-state index in [9.17, 15) is 8.78 Å². The first-order valence-electron chi connectivity index (χ1n) is 7.77. The van der Waals surface area contributed by atoms with E-state index in [2.05, 4.69) is 12.8 Å². The average molecular weight is 294 g/mol. The fourth-order valence-corrected chi connectivity index (χ4v) is 2.19. The topological polar surface area (TPSA) is 9.23 Å². The number of halogens is 2. The summed E-state index contributed by atoms with van der Waals surface area (Å²) >= 11 is 0. The molecule has 0 aliphatic rings. The predicted octanol–water partition coefficient (Wildman–Crippen LogP) is 5.47. The van der Waals surface area contributed by atoms with Crippen molar-refractivity contribution in [1.29, 1.82) is 0 Å². The summed E-state index contributed by atoms with van der Waals surface area (Å²) in [6, 6.07) is 2.23. The van der Waals surface area contributed by atoms with E-state index in [1.165, 1.54) is 32.1 Å². The van der Waals surface area contributed by atoms with Gasteiger partial charge >= 0.3 is 0 Å². The molecule has 0 aliphatic heterocycles. The zero-order chi connectivity index (χ0) is 15.5. The van der Waals surface area contributed by atoms with E-state index in [4.69, 9.17) is 11.2 Å². The standard InChI is InChI=1S/C18H24F2O/c1-3-5-6-7-8-9-10-11-12-21-18-16(19)13-15(4-2)14-17(18)20/h2,13-14H,3,5-12H2,1H3. The van der Waals surface area contributed by atoms with E-state index >= 15 is 0 Å². The summed E-state index contributed by atoms with van der Waals surface area (Å²) < 4.78 is 32.4. The third-order valence-electron chi connectivity index (χ3n) is 3.41. The first-order chi connectivity index (χ1) is 10.2. The first-order valence-corrected chi connectivity index (χ1v) is 7.77. The smallest absolute Gasteiger partial charge is 0.190 e. The van der Waals surface area contributed by atoms with E-state index in [1.54, 1.807) is 0 Å². The van der Waals surface area contributed by atoms with Crippen molar-refractivity contribution in [3.05, 3.63) is 29.3 Å². The molecule has 0 unspecified atom stereocenters. The van der Waals surface area contributed by atoms with Gasteiger partial charge < -0.3 is 4.74 Å². The lowest BCUT2D eigenvalue weighted by molar-refractivity contribution is 0.275. The summed E-state index contributed by atoms with van der Waals surface area (Å²) in [7, 11) is 0. The Labute approximate surface area is 126 Å². The minimum Gasteiger partial charge on any atom is -0.488 e. The molecule has 0 saturated heterocycles. The lowest BCUT2D eigenvalue weighted by Crippen LogP contribution is -2.02. The molecule has 0 radical (unpaired) electrons. The van der Waals surface area contributed by atoms with Gasteiger partial charge in [-0.25, -0.2) is 8.78 Å². The number of terminal acetylenes is 1. The van der Waals surface area contributed by atoms with Gasteiger partial charge in [-0.15, -0.1) is 6.42 Å². The van der Waals surface area contributed by atoms with Crippen molar-refractivity contribution in [3.8, 4) is 18.1 Å².